The highest BCUT2D eigenvalue weighted by Crippen LogP contribution is 2.28. The predicted octanol–water partition coefficient (Wildman–Crippen LogP) is 3.85. The van der Waals surface area contributed by atoms with Crippen molar-refractivity contribution in [1.29, 1.82) is 0 Å². The number of nitrogens with zero attached hydrogens (tertiary/aromatic N) is 3. The average Bonchev–Trinajstić information content (AvgIpc) is 2.60. The Hall–Kier alpha value is -2.43. The number of hydrogen-bond donors (Lipinski definition) is 0. The van der Waals surface area contributed by atoms with Gasteiger partial charge in [0.2, 0.25) is 5.91 Å². The number of thioether (sulfide) groups is 1. The molecule has 5 nitrogen and oxygen atoms in total. The minimum Gasteiger partial charge on any atom is -0.435 e. The number of aromatic nitrogens is 2. The maximum absolute atomic E-state index is 12.6. The van der Waals surface area contributed by atoms with Crippen LogP contribution in [0.4, 0.5) is 22.0 Å². The first-order valence-corrected chi connectivity index (χ1v) is 8.44. The first kappa shape index (κ1) is 20.9. The van der Waals surface area contributed by atoms with Gasteiger partial charge in [-0.3, -0.25) is 4.79 Å². The van der Waals surface area contributed by atoms with Crippen LogP contribution in [0, 0.1) is 0 Å². The summed E-state index contributed by atoms with van der Waals surface area (Å²) in [5.41, 5.74) is -0.403. The fourth-order valence-corrected chi connectivity index (χ4v) is 2.71. The molecule has 0 aliphatic heterocycles. The standard InChI is InChI=1S/C16H14F5N3O2S/c1-24(8-10-2-4-11(5-3-10)26-14(17)18)13(25)9-27-15-22-7-6-12(23-15)16(19,20)21/h2-7,14H,8-9H2,1H3. The molecule has 1 heterocycles. The van der Waals surface area contributed by atoms with Crippen molar-refractivity contribution in [3.8, 4) is 5.75 Å². The van der Waals surface area contributed by atoms with Gasteiger partial charge in [0, 0.05) is 19.8 Å². The summed E-state index contributed by atoms with van der Waals surface area (Å²) in [7, 11) is 1.51. The van der Waals surface area contributed by atoms with Gasteiger partial charge < -0.3 is 9.64 Å². The molecule has 146 valence electrons. The molecule has 0 atom stereocenters. The zero-order valence-corrected chi connectivity index (χ0v) is 14.7. The Morgan fingerprint density at radius 2 is 1.89 bits per heavy atom. The van der Waals surface area contributed by atoms with Crippen molar-refractivity contribution in [1.82, 2.24) is 14.9 Å². The largest absolute Gasteiger partial charge is 0.435 e. The van der Waals surface area contributed by atoms with E-state index in [0.717, 1.165) is 24.0 Å². The number of halogens is 5. The highest BCUT2D eigenvalue weighted by molar-refractivity contribution is 7.99. The molecule has 11 heteroatoms. The van der Waals surface area contributed by atoms with Crippen LogP contribution >= 0.6 is 11.8 Å². The lowest BCUT2D eigenvalue weighted by atomic mass is 10.2. The Kier molecular flexibility index (Phi) is 6.94. The smallest absolute Gasteiger partial charge is 0.433 e. The summed E-state index contributed by atoms with van der Waals surface area (Å²) in [6, 6.07) is 6.52. The van der Waals surface area contributed by atoms with Crippen LogP contribution in [-0.2, 0) is 17.5 Å². The number of benzene rings is 1. The third-order valence-corrected chi connectivity index (χ3v) is 4.09. The molecule has 1 aromatic heterocycles. The number of alkyl halides is 5. The van der Waals surface area contributed by atoms with Gasteiger partial charge in [0.1, 0.15) is 11.4 Å². The van der Waals surface area contributed by atoms with Gasteiger partial charge in [0.15, 0.2) is 5.16 Å². The molecule has 27 heavy (non-hydrogen) atoms. The van der Waals surface area contributed by atoms with Crippen LogP contribution in [-0.4, -0.2) is 40.2 Å². The summed E-state index contributed by atoms with van der Waals surface area (Å²) in [6.07, 6.45) is -3.60. The van der Waals surface area contributed by atoms with Gasteiger partial charge in [0.25, 0.3) is 0 Å². The summed E-state index contributed by atoms with van der Waals surface area (Å²) in [6.45, 7) is -2.73. The number of carbonyl (C=O) groups is 1. The summed E-state index contributed by atoms with van der Waals surface area (Å²) in [5, 5.41) is -0.153. The Balaban J connectivity index is 1.89. The molecule has 0 saturated carbocycles. The summed E-state index contributed by atoms with van der Waals surface area (Å²) in [4.78, 5) is 20.6. The van der Waals surface area contributed by atoms with E-state index in [1.54, 1.807) is 0 Å². The summed E-state index contributed by atoms with van der Waals surface area (Å²) < 4.78 is 66.3. The van der Waals surface area contributed by atoms with Crippen molar-refractivity contribution in [3.63, 3.8) is 0 Å². The molecule has 0 spiro atoms. The Labute approximate surface area is 155 Å². The van der Waals surface area contributed by atoms with E-state index in [-0.39, 0.29) is 29.1 Å². The zero-order chi connectivity index (χ0) is 20.0. The molecule has 0 fully saturated rings. The molecule has 0 aliphatic rings. The molecule has 2 rings (SSSR count). The van der Waals surface area contributed by atoms with E-state index < -0.39 is 18.5 Å². The lowest BCUT2D eigenvalue weighted by Crippen LogP contribution is -2.27. The van der Waals surface area contributed by atoms with Gasteiger partial charge in [-0.1, -0.05) is 23.9 Å². The monoisotopic (exact) mass is 407 g/mol. The number of carbonyl (C=O) groups excluding carboxylic acids is 1. The van der Waals surface area contributed by atoms with Crippen molar-refractivity contribution in [2.24, 2.45) is 0 Å². The van der Waals surface area contributed by atoms with Crippen LogP contribution in [0.15, 0.2) is 41.7 Å². The molecule has 0 saturated heterocycles. The molecule has 1 aromatic carbocycles. The zero-order valence-electron chi connectivity index (χ0n) is 13.9. The highest BCUT2D eigenvalue weighted by atomic mass is 32.2. The quantitative estimate of drug-likeness (QED) is 0.397. The van der Waals surface area contributed by atoms with Crippen LogP contribution in [0.5, 0.6) is 5.75 Å². The first-order valence-electron chi connectivity index (χ1n) is 7.46. The third-order valence-electron chi connectivity index (χ3n) is 3.24. The summed E-state index contributed by atoms with van der Waals surface area (Å²) >= 11 is 0.790. The normalized spacial score (nSPS) is 11.5. The fourth-order valence-electron chi connectivity index (χ4n) is 1.94. The second-order valence-electron chi connectivity index (χ2n) is 5.28. The van der Waals surface area contributed by atoms with E-state index in [0.29, 0.717) is 5.56 Å². The Bertz CT molecular complexity index is 771. The van der Waals surface area contributed by atoms with Crippen LogP contribution in [0.2, 0.25) is 0 Å². The molecule has 0 N–H and O–H groups in total. The minimum absolute atomic E-state index is 0.0000182. The number of rotatable bonds is 7. The first-order chi connectivity index (χ1) is 12.6. The fraction of sp³-hybridized carbons (Fsp3) is 0.312. The third kappa shape index (κ3) is 6.66. The summed E-state index contributed by atoms with van der Waals surface area (Å²) in [5.74, 6) is -0.501. The van der Waals surface area contributed by atoms with Crippen molar-refractivity contribution in [2.75, 3.05) is 12.8 Å². The Morgan fingerprint density at radius 3 is 2.48 bits per heavy atom. The minimum atomic E-state index is -4.58. The van der Waals surface area contributed by atoms with Gasteiger partial charge in [0.05, 0.1) is 5.75 Å². The average molecular weight is 407 g/mol. The lowest BCUT2D eigenvalue weighted by Gasteiger charge is -2.17. The molecule has 0 radical (unpaired) electrons. The molecule has 2 aromatic rings. The molecule has 1 amide bonds. The second-order valence-corrected chi connectivity index (χ2v) is 6.23. The maximum Gasteiger partial charge on any atom is 0.433 e. The van der Waals surface area contributed by atoms with Crippen LogP contribution in [0.25, 0.3) is 0 Å². The van der Waals surface area contributed by atoms with E-state index in [2.05, 4.69) is 14.7 Å². The molecule has 0 unspecified atom stereocenters. The molecule has 0 bridgehead atoms. The van der Waals surface area contributed by atoms with Gasteiger partial charge in [-0.15, -0.1) is 0 Å². The molecular weight excluding hydrogens is 393 g/mol. The molecule has 0 aliphatic carbocycles. The van der Waals surface area contributed by atoms with Crippen molar-refractivity contribution in [2.45, 2.75) is 24.5 Å². The lowest BCUT2D eigenvalue weighted by molar-refractivity contribution is -0.141. The van der Waals surface area contributed by atoms with E-state index in [9.17, 15) is 26.7 Å². The van der Waals surface area contributed by atoms with Gasteiger partial charge in [-0.05, 0) is 23.8 Å². The van der Waals surface area contributed by atoms with Crippen LogP contribution in [0.1, 0.15) is 11.3 Å². The van der Waals surface area contributed by atoms with Crippen molar-refractivity contribution >= 4 is 17.7 Å². The van der Waals surface area contributed by atoms with Crippen LogP contribution in [0.3, 0.4) is 0 Å². The van der Waals surface area contributed by atoms with Gasteiger partial charge in [-0.25, -0.2) is 9.97 Å². The molecular formula is C16H14F5N3O2S. The SMILES string of the molecule is CN(Cc1ccc(OC(F)F)cc1)C(=O)CSc1nccc(C(F)(F)F)n1. The second kappa shape index (κ2) is 8.98. The predicted molar refractivity (Wildman–Crippen MR) is 87.3 cm³/mol. The van der Waals surface area contributed by atoms with E-state index in [1.807, 2.05) is 0 Å². The van der Waals surface area contributed by atoms with E-state index in [1.165, 1.54) is 36.2 Å². The van der Waals surface area contributed by atoms with E-state index >= 15 is 0 Å². The van der Waals surface area contributed by atoms with Gasteiger partial charge in [-0.2, -0.15) is 22.0 Å². The van der Waals surface area contributed by atoms with Crippen molar-refractivity contribution < 1.29 is 31.5 Å². The number of hydrogen-bond acceptors (Lipinski definition) is 5. The van der Waals surface area contributed by atoms with E-state index in [4.69, 9.17) is 0 Å². The van der Waals surface area contributed by atoms with Crippen LogP contribution < -0.4 is 4.74 Å². The number of amides is 1. The number of ether oxygens (including phenoxy) is 1. The maximum atomic E-state index is 12.6. The van der Waals surface area contributed by atoms with Crippen molar-refractivity contribution in [3.05, 3.63) is 47.8 Å². The van der Waals surface area contributed by atoms with Gasteiger partial charge >= 0.3 is 12.8 Å². The highest BCUT2D eigenvalue weighted by Gasteiger charge is 2.32. The Morgan fingerprint density at radius 1 is 1.22 bits per heavy atom. The topological polar surface area (TPSA) is 55.3 Å².